The van der Waals surface area contributed by atoms with Crippen LogP contribution in [0.3, 0.4) is 0 Å². The third-order valence-corrected chi connectivity index (χ3v) is 5.92. The normalized spacial score (nSPS) is 22.2. The van der Waals surface area contributed by atoms with Gasteiger partial charge in [0.05, 0.1) is 29.7 Å². The van der Waals surface area contributed by atoms with E-state index in [1.54, 1.807) is 24.7 Å². The van der Waals surface area contributed by atoms with E-state index in [1.165, 1.54) is 0 Å². The standard InChI is InChI=1S/C22H20N6O2/c23-7-12-4-14(12)22(30)28-20-6-11-5-18(27-21(24)15(11)10-26-20)16-8-25-9-17-13(16)2-1-3-19(17)29/h5-6,8-10,12,14,19,29H,1-4H2,(H2,24,27)(H,26,28,30)/t12-,14+,19?/m1/s1. The Kier molecular flexibility index (Phi) is 4.33. The lowest BCUT2D eigenvalue weighted by atomic mass is 9.87. The summed E-state index contributed by atoms with van der Waals surface area (Å²) in [6.45, 7) is 0. The van der Waals surface area contributed by atoms with E-state index in [1.807, 2.05) is 6.07 Å². The average molecular weight is 400 g/mol. The maximum Gasteiger partial charge on any atom is 0.230 e. The molecule has 0 spiro atoms. The molecule has 3 aromatic heterocycles. The summed E-state index contributed by atoms with van der Waals surface area (Å²) in [5, 5.41) is 23.5. The fourth-order valence-corrected chi connectivity index (χ4v) is 4.14. The lowest BCUT2D eigenvalue weighted by Gasteiger charge is -2.23. The molecule has 3 heterocycles. The average Bonchev–Trinajstić information content (AvgIpc) is 3.54. The predicted octanol–water partition coefficient (Wildman–Crippen LogP) is 2.74. The zero-order valence-corrected chi connectivity index (χ0v) is 16.2. The molecule has 1 saturated carbocycles. The molecule has 2 aliphatic carbocycles. The van der Waals surface area contributed by atoms with E-state index in [0.717, 1.165) is 41.3 Å². The number of hydrogen-bond acceptors (Lipinski definition) is 7. The molecule has 0 radical (unpaired) electrons. The second-order valence-corrected chi connectivity index (χ2v) is 7.91. The first kappa shape index (κ1) is 18.5. The number of anilines is 2. The van der Waals surface area contributed by atoms with E-state index in [2.05, 4.69) is 26.3 Å². The van der Waals surface area contributed by atoms with Crippen LogP contribution in [0.1, 0.15) is 36.5 Å². The minimum Gasteiger partial charge on any atom is -0.388 e. The summed E-state index contributed by atoms with van der Waals surface area (Å²) in [5.41, 5.74) is 9.63. The lowest BCUT2D eigenvalue weighted by Crippen LogP contribution is -2.15. The summed E-state index contributed by atoms with van der Waals surface area (Å²) in [4.78, 5) is 25.4. The number of aliphatic hydroxyl groups excluding tert-OH is 1. The zero-order valence-electron chi connectivity index (χ0n) is 16.2. The van der Waals surface area contributed by atoms with Crippen LogP contribution in [0, 0.1) is 23.2 Å². The molecule has 4 N–H and O–H groups in total. The highest BCUT2D eigenvalue weighted by molar-refractivity contribution is 5.98. The summed E-state index contributed by atoms with van der Waals surface area (Å²) in [6, 6.07) is 5.78. The van der Waals surface area contributed by atoms with E-state index in [-0.39, 0.29) is 17.7 Å². The third kappa shape index (κ3) is 3.13. The smallest absolute Gasteiger partial charge is 0.230 e. The maximum atomic E-state index is 12.3. The highest BCUT2D eigenvalue weighted by Gasteiger charge is 2.43. The van der Waals surface area contributed by atoms with E-state index >= 15 is 0 Å². The van der Waals surface area contributed by atoms with Crippen molar-refractivity contribution in [3.05, 3.63) is 41.9 Å². The van der Waals surface area contributed by atoms with Crippen LogP contribution >= 0.6 is 0 Å². The maximum absolute atomic E-state index is 12.3. The van der Waals surface area contributed by atoms with Crippen molar-refractivity contribution in [2.24, 2.45) is 11.8 Å². The number of aromatic nitrogens is 3. The molecule has 8 nitrogen and oxygen atoms in total. The van der Waals surface area contributed by atoms with Gasteiger partial charge in [0.1, 0.15) is 11.6 Å². The Morgan fingerprint density at radius 2 is 2.17 bits per heavy atom. The number of carbonyl (C=O) groups excluding carboxylic acids is 1. The fourth-order valence-electron chi connectivity index (χ4n) is 4.14. The first-order valence-corrected chi connectivity index (χ1v) is 9.97. The highest BCUT2D eigenvalue weighted by Crippen LogP contribution is 2.39. The molecule has 5 rings (SSSR count). The fraction of sp³-hybridized carbons (Fsp3) is 0.318. The van der Waals surface area contributed by atoms with E-state index < -0.39 is 6.10 Å². The van der Waals surface area contributed by atoms with Crippen LogP contribution in [0.2, 0.25) is 0 Å². The first-order chi connectivity index (χ1) is 14.5. The Morgan fingerprint density at radius 3 is 2.97 bits per heavy atom. The lowest BCUT2D eigenvalue weighted by molar-refractivity contribution is -0.117. The number of nitrogens with zero attached hydrogens (tertiary/aromatic N) is 4. The van der Waals surface area contributed by atoms with Crippen molar-refractivity contribution in [2.75, 3.05) is 11.1 Å². The van der Waals surface area contributed by atoms with Crippen LogP contribution in [-0.2, 0) is 11.2 Å². The van der Waals surface area contributed by atoms with E-state index in [9.17, 15) is 9.90 Å². The van der Waals surface area contributed by atoms with Crippen molar-refractivity contribution >= 4 is 28.3 Å². The minimum absolute atomic E-state index is 0.189. The molecule has 3 aromatic rings. The molecular formula is C22H20N6O2. The van der Waals surface area contributed by atoms with Crippen molar-refractivity contribution < 1.29 is 9.90 Å². The van der Waals surface area contributed by atoms with Gasteiger partial charge < -0.3 is 16.2 Å². The van der Waals surface area contributed by atoms with Crippen molar-refractivity contribution in [3.63, 3.8) is 0 Å². The number of carbonyl (C=O) groups is 1. The number of hydrogen-bond donors (Lipinski definition) is 3. The Balaban J connectivity index is 1.53. The molecule has 1 fully saturated rings. The molecule has 0 aliphatic heterocycles. The van der Waals surface area contributed by atoms with E-state index in [4.69, 9.17) is 11.0 Å². The number of nitrogens with two attached hydrogens (primary N) is 1. The number of nitrogens with one attached hydrogen (secondary N) is 1. The van der Waals surface area contributed by atoms with Gasteiger partial charge in [0.2, 0.25) is 5.91 Å². The second-order valence-electron chi connectivity index (χ2n) is 7.91. The number of pyridine rings is 3. The van der Waals surface area contributed by atoms with Gasteiger partial charge in [-0.15, -0.1) is 0 Å². The number of nitrogen functional groups attached to an aromatic ring is 1. The Hall–Kier alpha value is -3.57. The molecule has 1 amide bonds. The van der Waals surface area contributed by atoms with Crippen LogP contribution in [-0.4, -0.2) is 26.0 Å². The molecule has 30 heavy (non-hydrogen) atoms. The number of aliphatic hydroxyl groups is 1. The topological polar surface area (TPSA) is 138 Å². The molecule has 2 aliphatic rings. The van der Waals surface area contributed by atoms with Crippen molar-refractivity contribution in [1.82, 2.24) is 15.0 Å². The van der Waals surface area contributed by atoms with Crippen molar-refractivity contribution in [1.29, 1.82) is 5.26 Å². The predicted molar refractivity (Wildman–Crippen MR) is 111 cm³/mol. The van der Waals surface area contributed by atoms with Gasteiger partial charge in [-0.25, -0.2) is 9.97 Å². The van der Waals surface area contributed by atoms with Crippen LogP contribution in [0.4, 0.5) is 11.6 Å². The largest absolute Gasteiger partial charge is 0.388 e. The molecule has 150 valence electrons. The van der Waals surface area contributed by atoms with Gasteiger partial charge in [0.15, 0.2) is 0 Å². The summed E-state index contributed by atoms with van der Waals surface area (Å²) in [5.74, 6) is 0.0961. The highest BCUT2D eigenvalue weighted by atomic mass is 16.3. The van der Waals surface area contributed by atoms with Crippen molar-refractivity contribution in [2.45, 2.75) is 31.8 Å². The molecule has 0 aromatic carbocycles. The summed E-state index contributed by atoms with van der Waals surface area (Å²) < 4.78 is 0. The van der Waals surface area contributed by atoms with Gasteiger partial charge in [-0.1, -0.05) is 0 Å². The Labute approximate surface area is 172 Å². The third-order valence-electron chi connectivity index (χ3n) is 5.92. The number of amides is 1. The quantitative estimate of drug-likeness (QED) is 0.614. The van der Waals surface area contributed by atoms with Gasteiger partial charge in [-0.2, -0.15) is 5.26 Å². The first-order valence-electron chi connectivity index (χ1n) is 9.97. The number of fused-ring (bicyclic) bond motifs is 2. The molecule has 1 unspecified atom stereocenters. The second kappa shape index (κ2) is 7.04. The van der Waals surface area contributed by atoms with Gasteiger partial charge in [0.25, 0.3) is 0 Å². The zero-order chi connectivity index (χ0) is 20.8. The van der Waals surface area contributed by atoms with Gasteiger partial charge in [-0.05, 0) is 48.8 Å². The van der Waals surface area contributed by atoms with E-state index in [0.29, 0.717) is 29.1 Å². The minimum atomic E-state index is -0.510. The van der Waals surface area contributed by atoms with Crippen molar-refractivity contribution in [3.8, 4) is 17.3 Å². The van der Waals surface area contributed by atoms with Gasteiger partial charge >= 0.3 is 0 Å². The Bertz CT molecular complexity index is 1220. The Morgan fingerprint density at radius 1 is 1.30 bits per heavy atom. The molecule has 0 saturated heterocycles. The van der Waals surface area contributed by atoms with Crippen LogP contribution < -0.4 is 11.1 Å². The SMILES string of the molecule is N#C[C@H]1C[C@@H]1C(=O)Nc1cc2cc(-c3cncc4c3CCCC4O)nc(N)c2cn1. The summed E-state index contributed by atoms with van der Waals surface area (Å²) >= 11 is 0. The van der Waals surface area contributed by atoms with Gasteiger partial charge in [-0.3, -0.25) is 9.78 Å². The number of nitriles is 1. The molecule has 8 heteroatoms. The van der Waals surface area contributed by atoms with Crippen LogP contribution in [0.5, 0.6) is 0 Å². The summed E-state index contributed by atoms with van der Waals surface area (Å²) in [7, 11) is 0. The molecule has 0 bridgehead atoms. The molecular weight excluding hydrogens is 380 g/mol. The van der Waals surface area contributed by atoms with Crippen LogP contribution in [0.25, 0.3) is 22.0 Å². The van der Waals surface area contributed by atoms with Gasteiger partial charge in [0, 0.05) is 35.1 Å². The molecule has 3 atom stereocenters. The summed E-state index contributed by atoms with van der Waals surface area (Å²) in [6.07, 6.45) is 7.63. The van der Waals surface area contributed by atoms with Crippen LogP contribution in [0.15, 0.2) is 30.7 Å². The monoisotopic (exact) mass is 400 g/mol. The number of rotatable bonds is 3.